The SMILES string of the molecule is O=C(Nc1ccc(-c2cc3c(N4CCOCC4)ncnc3[nH]2)cc1)Nc1cc(-c2cccnc2)n[nH]1. The van der Waals surface area contributed by atoms with Crippen LogP contribution in [0, 0.1) is 0 Å². The van der Waals surface area contributed by atoms with Crippen molar-refractivity contribution in [2.45, 2.75) is 0 Å². The van der Waals surface area contributed by atoms with Crippen molar-refractivity contribution in [2.24, 2.45) is 0 Å². The second-order valence-corrected chi connectivity index (χ2v) is 8.31. The highest BCUT2D eigenvalue weighted by Crippen LogP contribution is 2.29. The van der Waals surface area contributed by atoms with E-state index in [0.717, 1.165) is 46.8 Å². The lowest BCUT2D eigenvalue weighted by Gasteiger charge is -2.27. The predicted molar refractivity (Wildman–Crippen MR) is 137 cm³/mol. The van der Waals surface area contributed by atoms with Crippen molar-refractivity contribution in [1.29, 1.82) is 0 Å². The smallest absolute Gasteiger partial charge is 0.324 e. The quantitative estimate of drug-likeness (QED) is 0.299. The number of benzene rings is 1. The van der Waals surface area contributed by atoms with Crippen LogP contribution in [0.5, 0.6) is 0 Å². The van der Waals surface area contributed by atoms with Gasteiger partial charge in [-0.3, -0.25) is 15.4 Å². The van der Waals surface area contributed by atoms with Crippen molar-refractivity contribution in [3.8, 4) is 22.5 Å². The molecule has 36 heavy (non-hydrogen) atoms. The van der Waals surface area contributed by atoms with Gasteiger partial charge in [-0.15, -0.1) is 0 Å². The Bertz CT molecular complexity index is 1490. The topological polar surface area (TPSA) is 137 Å². The molecule has 180 valence electrons. The van der Waals surface area contributed by atoms with Gasteiger partial charge in [0.15, 0.2) is 0 Å². The van der Waals surface area contributed by atoms with Crippen molar-refractivity contribution < 1.29 is 9.53 Å². The molecule has 1 fully saturated rings. The molecule has 0 spiro atoms. The third-order valence-corrected chi connectivity index (χ3v) is 5.95. The number of aromatic nitrogens is 6. The molecular formula is C25H23N9O2. The fraction of sp³-hybridized carbons (Fsp3) is 0.160. The van der Waals surface area contributed by atoms with Crippen LogP contribution in [0.25, 0.3) is 33.5 Å². The van der Waals surface area contributed by atoms with E-state index in [1.54, 1.807) is 24.8 Å². The highest BCUT2D eigenvalue weighted by Gasteiger charge is 2.17. The molecule has 1 aliphatic rings. The van der Waals surface area contributed by atoms with Crippen LogP contribution in [0.2, 0.25) is 0 Å². The lowest BCUT2D eigenvalue weighted by atomic mass is 10.1. The van der Waals surface area contributed by atoms with Gasteiger partial charge in [0.2, 0.25) is 0 Å². The number of carbonyl (C=O) groups is 1. The third kappa shape index (κ3) is 4.46. The van der Waals surface area contributed by atoms with Crippen LogP contribution >= 0.6 is 0 Å². The van der Waals surface area contributed by atoms with Gasteiger partial charge < -0.3 is 19.9 Å². The average Bonchev–Trinajstić information content (AvgIpc) is 3.57. The molecule has 0 atom stereocenters. The van der Waals surface area contributed by atoms with Crippen molar-refractivity contribution >= 4 is 34.4 Å². The van der Waals surface area contributed by atoms with E-state index in [9.17, 15) is 4.79 Å². The molecule has 6 rings (SSSR count). The molecule has 1 aliphatic heterocycles. The molecule has 11 nitrogen and oxygen atoms in total. The third-order valence-electron chi connectivity index (χ3n) is 5.95. The van der Waals surface area contributed by atoms with Gasteiger partial charge in [-0.05, 0) is 35.9 Å². The number of hydrogen-bond acceptors (Lipinski definition) is 7. The number of carbonyl (C=O) groups excluding carboxylic acids is 1. The summed E-state index contributed by atoms with van der Waals surface area (Å²) in [6.45, 7) is 2.99. The maximum Gasteiger partial charge on any atom is 0.324 e. The van der Waals surface area contributed by atoms with E-state index in [4.69, 9.17) is 4.74 Å². The van der Waals surface area contributed by atoms with Crippen LogP contribution in [0.4, 0.5) is 22.1 Å². The maximum atomic E-state index is 12.5. The Balaban J connectivity index is 1.14. The first-order chi connectivity index (χ1) is 17.7. The first kappa shape index (κ1) is 21.7. The Morgan fingerprint density at radius 2 is 1.86 bits per heavy atom. The van der Waals surface area contributed by atoms with Crippen LogP contribution in [-0.2, 0) is 4.74 Å². The molecule has 0 saturated carbocycles. The zero-order chi connectivity index (χ0) is 24.3. The zero-order valence-corrected chi connectivity index (χ0v) is 19.2. The van der Waals surface area contributed by atoms with Crippen molar-refractivity contribution in [3.63, 3.8) is 0 Å². The van der Waals surface area contributed by atoms with Crippen molar-refractivity contribution in [1.82, 2.24) is 30.1 Å². The van der Waals surface area contributed by atoms with Crippen molar-refractivity contribution in [2.75, 3.05) is 41.8 Å². The minimum atomic E-state index is -0.375. The Morgan fingerprint density at radius 3 is 2.67 bits per heavy atom. The van der Waals surface area contributed by atoms with Gasteiger partial charge in [-0.1, -0.05) is 12.1 Å². The summed E-state index contributed by atoms with van der Waals surface area (Å²) in [6.07, 6.45) is 4.99. The van der Waals surface area contributed by atoms with E-state index >= 15 is 0 Å². The molecule has 11 heteroatoms. The van der Waals surface area contributed by atoms with E-state index in [2.05, 4.69) is 51.7 Å². The van der Waals surface area contributed by atoms with Crippen LogP contribution in [-0.4, -0.2) is 62.5 Å². The first-order valence-electron chi connectivity index (χ1n) is 11.5. The van der Waals surface area contributed by atoms with Crippen LogP contribution in [0.1, 0.15) is 0 Å². The summed E-state index contributed by atoms with van der Waals surface area (Å²) in [6, 6.07) is 14.8. The Kier molecular flexibility index (Phi) is 5.72. The molecule has 0 aliphatic carbocycles. The number of rotatable bonds is 5. The molecule has 0 bridgehead atoms. The normalized spacial score (nSPS) is 13.6. The fourth-order valence-corrected chi connectivity index (χ4v) is 4.18. The van der Waals surface area contributed by atoms with E-state index in [1.165, 1.54) is 0 Å². The highest BCUT2D eigenvalue weighted by atomic mass is 16.5. The number of aromatic amines is 2. The molecule has 4 aromatic heterocycles. The van der Waals surface area contributed by atoms with Gasteiger partial charge in [-0.2, -0.15) is 5.10 Å². The number of pyridine rings is 1. The summed E-state index contributed by atoms with van der Waals surface area (Å²) in [5, 5.41) is 13.6. The first-order valence-corrected chi connectivity index (χ1v) is 11.5. The monoisotopic (exact) mass is 481 g/mol. The number of morpholine rings is 1. The number of amides is 2. The second-order valence-electron chi connectivity index (χ2n) is 8.31. The molecular weight excluding hydrogens is 458 g/mol. The largest absolute Gasteiger partial charge is 0.378 e. The fourth-order valence-electron chi connectivity index (χ4n) is 4.18. The number of H-pyrrole nitrogens is 2. The van der Waals surface area contributed by atoms with Crippen LogP contribution < -0.4 is 15.5 Å². The maximum absolute atomic E-state index is 12.5. The minimum absolute atomic E-state index is 0.375. The lowest BCUT2D eigenvalue weighted by molar-refractivity contribution is 0.122. The summed E-state index contributed by atoms with van der Waals surface area (Å²) in [7, 11) is 0. The van der Waals surface area contributed by atoms with E-state index in [0.29, 0.717) is 30.4 Å². The van der Waals surface area contributed by atoms with Gasteiger partial charge in [0.1, 0.15) is 23.6 Å². The average molecular weight is 482 g/mol. The number of urea groups is 1. The predicted octanol–water partition coefficient (Wildman–Crippen LogP) is 3.89. The summed E-state index contributed by atoms with van der Waals surface area (Å²) in [5.41, 5.74) is 4.90. The number of anilines is 3. The summed E-state index contributed by atoms with van der Waals surface area (Å²) in [5.74, 6) is 1.39. The Morgan fingerprint density at radius 1 is 1.00 bits per heavy atom. The van der Waals surface area contributed by atoms with E-state index in [1.807, 2.05) is 36.4 Å². The molecule has 2 amide bonds. The number of fused-ring (bicyclic) bond motifs is 1. The highest BCUT2D eigenvalue weighted by molar-refractivity contribution is 5.99. The van der Waals surface area contributed by atoms with Crippen LogP contribution in [0.3, 0.4) is 0 Å². The molecule has 1 aromatic carbocycles. The van der Waals surface area contributed by atoms with Crippen molar-refractivity contribution in [3.05, 3.63) is 67.3 Å². The van der Waals surface area contributed by atoms with Gasteiger partial charge >= 0.3 is 6.03 Å². The summed E-state index contributed by atoms with van der Waals surface area (Å²) < 4.78 is 5.46. The van der Waals surface area contributed by atoms with E-state index in [-0.39, 0.29) is 6.03 Å². The van der Waals surface area contributed by atoms with Gasteiger partial charge in [0.05, 0.1) is 24.3 Å². The molecule has 0 unspecified atom stereocenters. The number of ether oxygens (including phenoxy) is 1. The molecule has 5 heterocycles. The molecule has 0 radical (unpaired) electrons. The zero-order valence-electron chi connectivity index (χ0n) is 19.2. The van der Waals surface area contributed by atoms with Crippen LogP contribution in [0.15, 0.2) is 67.3 Å². The minimum Gasteiger partial charge on any atom is -0.378 e. The Hall–Kier alpha value is -4.77. The number of nitrogens with zero attached hydrogens (tertiary/aromatic N) is 5. The molecule has 1 saturated heterocycles. The Labute approximate surface area is 206 Å². The van der Waals surface area contributed by atoms with Gasteiger partial charge in [-0.25, -0.2) is 14.8 Å². The van der Waals surface area contributed by atoms with Gasteiger partial charge in [0, 0.05) is 48.5 Å². The summed E-state index contributed by atoms with van der Waals surface area (Å²) >= 11 is 0. The standard InChI is InChI=1S/C25H23N9O2/c35-25(31-22-13-21(32-33-22)17-2-1-7-26-14-17)29-18-5-3-16(4-6-18)20-12-19-23(30-20)27-15-28-24(19)34-8-10-36-11-9-34/h1-7,12-15H,8-11H2,(H,27,28,30)(H3,29,31,32,33,35). The lowest BCUT2D eigenvalue weighted by Crippen LogP contribution is -2.36. The summed E-state index contributed by atoms with van der Waals surface area (Å²) in [4.78, 5) is 31.1. The molecule has 5 aromatic rings. The van der Waals surface area contributed by atoms with E-state index < -0.39 is 0 Å². The number of nitrogens with one attached hydrogen (secondary N) is 4. The molecule has 4 N–H and O–H groups in total. The number of hydrogen-bond donors (Lipinski definition) is 4. The van der Waals surface area contributed by atoms with Gasteiger partial charge in [0.25, 0.3) is 0 Å². The second kappa shape index (κ2) is 9.47.